The number of benzene rings is 2. The van der Waals surface area contributed by atoms with Gasteiger partial charge in [-0.3, -0.25) is 9.48 Å². The molecule has 2 heterocycles. The average molecular weight is 386 g/mol. The smallest absolute Gasteiger partial charge is 0.297 e. The molecule has 0 amide bonds. The second-order valence-electron chi connectivity index (χ2n) is 7.94. The van der Waals surface area contributed by atoms with Crippen molar-refractivity contribution >= 4 is 17.6 Å². The summed E-state index contributed by atoms with van der Waals surface area (Å²) in [7, 11) is 3.95. The normalized spacial score (nSPS) is 16.7. The van der Waals surface area contributed by atoms with Crippen molar-refractivity contribution < 1.29 is 0 Å². The van der Waals surface area contributed by atoms with Gasteiger partial charge in [0, 0.05) is 37.1 Å². The Morgan fingerprint density at radius 1 is 0.966 bits per heavy atom. The third kappa shape index (κ3) is 2.94. The Hall–Kier alpha value is -3.34. The van der Waals surface area contributed by atoms with E-state index < -0.39 is 0 Å². The van der Waals surface area contributed by atoms with Crippen LogP contribution >= 0.6 is 0 Å². The second kappa shape index (κ2) is 6.92. The lowest BCUT2D eigenvalue weighted by Crippen LogP contribution is -2.23. The molecule has 29 heavy (non-hydrogen) atoms. The number of likely N-dealkylation sites (N-methyl/N-ethyl adjacent to an activating group) is 1. The summed E-state index contributed by atoms with van der Waals surface area (Å²) < 4.78 is 3.50. The zero-order valence-electron chi connectivity index (χ0n) is 17.5. The molecule has 148 valence electrons. The van der Waals surface area contributed by atoms with Crippen LogP contribution in [0.2, 0.25) is 0 Å². The van der Waals surface area contributed by atoms with Crippen molar-refractivity contribution in [1.82, 2.24) is 9.36 Å². The lowest BCUT2D eigenvalue weighted by molar-refractivity contribution is 0.630. The van der Waals surface area contributed by atoms with Crippen LogP contribution in [0.4, 0.5) is 11.4 Å². The van der Waals surface area contributed by atoms with Crippen molar-refractivity contribution in [3.63, 3.8) is 0 Å². The van der Waals surface area contributed by atoms with E-state index in [1.165, 1.54) is 11.3 Å². The summed E-state index contributed by atoms with van der Waals surface area (Å²) in [6.45, 7) is 6.35. The van der Waals surface area contributed by atoms with Crippen molar-refractivity contribution in [2.75, 3.05) is 11.9 Å². The van der Waals surface area contributed by atoms with E-state index >= 15 is 0 Å². The molecule has 1 aliphatic rings. The molecule has 5 nitrogen and oxygen atoms in total. The van der Waals surface area contributed by atoms with Gasteiger partial charge in [-0.1, -0.05) is 50.2 Å². The zero-order valence-corrected chi connectivity index (χ0v) is 17.5. The topological polar surface area (TPSA) is 42.5 Å². The molecule has 0 saturated carbocycles. The summed E-state index contributed by atoms with van der Waals surface area (Å²) in [4.78, 5) is 19.8. The molecule has 1 aromatic heterocycles. The number of hydrogen-bond acceptors (Lipinski definition) is 3. The summed E-state index contributed by atoms with van der Waals surface area (Å²) in [5.41, 5.74) is 5.54. The summed E-state index contributed by atoms with van der Waals surface area (Å²) in [6, 6.07) is 18.1. The van der Waals surface area contributed by atoms with Gasteiger partial charge < -0.3 is 4.90 Å². The zero-order chi connectivity index (χ0) is 20.8. The quantitative estimate of drug-likeness (QED) is 0.622. The van der Waals surface area contributed by atoms with Crippen molar-refractivity contribution in [2.24, 2.45) is 12.0 Å². The number of nitrogens with zero attached hydrogens (tertiary/aromatic N) is 4. The lowest BCUT2D eigenvalue weighted by atomic mass is 9.84. The van der Waals surface area contributed by atoms with Crippen LogP contribution in [0.15, 0.2) is 76.2 Å². The van der Waals surface area contributed by atoms with Crippen molar-refractivity contribution in [3.05, 3.63) is 88.0 Å². The number of aromatic nitrogens is 2. The first-order valence-corrected chi connectivity index (χ1v) is 9.76. The molecule has 5 heteroatoms. The number of hydrogen-bond donors (Lipinski definition) is 0. The fourth-order valence-electron chi connectivity index (χ4n) is 4.19. The van der Waals surface area contributed by atoms with Gasteiger partial charge in [-0.25, -0.2) is 9.67 Å². The lowest BCUT2D eigenvalue weighted by Gasteiger charge is -2.23. The maximum atomic E-state index is 13.0. The van der Waals surface area contributed by atoms with Crippen LogP contribution in [-0.2, 0) is 12.5 Å². The Labute approximate surface area is 171 Å². The number of anilines is 1. The number of fused-ring (bicyclic) bond motifs is 1. The van der Waals surface area contributed by atoms with Crippen LogP contribution in [0.5, 0.6) is 0 Å². The predicted octanol–water partition coefficient (Wildman–Crippen LogP) is 4.50. The highest BCUT2D eigenvalue weighted by Crippen LogP contribution is 2.46. The van der Waals surface area contributed by atoms with E-state index in [-0.39, 0.29) is 11.0 Å². The first-order valence-electron chi connectivity index (χ1n) is 9.76. The molecule has 0 N–H and O–H groups in total. The third-order valence-electron chi connectivity index (χ3n) is 5.90. The SMILES string of the molecule is Cc1c(N=CC=C2N(C)c3ccccc3C2(C)C)c(=O)n(-c2ccccc2)n1C. The molecule has 3 aromatic rings. The molecule has 4 rings (SSSR count). The van der Waals surface area contributed by atoms with Gasteiger partial charge in [0.05, 0.1) is 11.4 Å². The molecule has 0 radical (unpaired) electrons. The van der Waals surface area contributed by atoms with Crippen LogP contribution in [0.25, 0.3) is 5.69 Å². The summed E-state index contributed by atoms with van der Waals surface area (Å²) >= 11 is 0. The van der Waals surface area contributed by atoms with E-state index in [4.69, 9.17) is 0 Å². The van der Waals surface area contributed by atoms with Gasteiger partial charge in [-0.2, -0.15) is 0 Å². The Morgan fingerprint density at radius 2 is 1.62 bits per heavy atom. The minimum Gasteiger partial charge on any atom is -0.347 e. The standard InChI is InChI=1S/C24H26N4O/c1-17-22(23(29)28(27(17)5)18-11-7-6-8-12-18)25-16-15-21-24(2,3)19-13-9-10-14-20(19)26(21)4/h6-16H,1-5H3. The van der Waals surface area contributed by atoms with E-state index in [2.05, 4.69) is 55.1 Å². The first-order chi connectivity index (χ1) is 13.8. The van der Waals surface area contributed by atoms with Gasteiger partial charge in [0.15, 0.2) is 5.69 Å². The molecular formula is C24H26N4O. The maximum Gasteiger partial charge on any atom is 0.297 e. The minimum absolute atomic E-state index is 0.117. The van der Waals surface area contributed by atoms with Crippen LogP contribution in [0, 0.1) is 6.92 Å². The monoisotopic (exact) mass is 386 g/mol. The summed E-state index contributed by atoms with van der Waals surface area (Å²) in [5.74, 6) is 0. The van der Waals surface area contributed by atoms with Gasteiger partial charge in [0.2, 0.25) is 0 Å². The predicted molar refractivity (Wildman–Crippen MR) is 120 cm³/mol. The number of allylic oxidation sites excluding steroid dienone is 2. The fourth-order valence-corrected chi connectivity index (χ4v) is 4.19. The van der Waals surface area contributed by atoms with E-state index in [0.29, 0.717) is 5.69 Å². The van der Waals surface area contributed by atoms with Gasteiger partial charge in [-0.05, 0) is 36.8 Å². The molecule has 0 unspecified atom stereocenters. The van der Waals surface area contributed by atoms with Crippen LogP contribution in [-0.4, -0.2) is 22.6 Å². The molecule has 0 bridgehead atoms. The highest BCUT2D eigenvalue weighted by molar-refractivity contribution is 5.81. The van der Waals surface area contributed by atoms with Crippen molar-refractivity contribution in [3.8, 4) is 5.69 Å². The molecule has 0 spiro atoms. The number of rotatable bonds is 3. The average Bonchev–Trinajstić information content (AvgIpc) is 3.05. The maximum absolute atomic E-state index is 13.0. The molecule has 0 aliphatic carbocycles. The molecular weight excluding hydrogens is 360 g/mol. The largest absolute Gasteiger partial charge is 0.347 e. The van der Waals surface area contributed by atoms with Crippen LogP contribution in [0.1, 0.15) is 25.1 Å². The Bertz CT molecular complexity index is 1180. The van der Waals surface area contributed by atoms with Crippen molar-refractivity contribution in [1.29, 1.82) is 0 Å². The molecule has 0 fully saturated rings. The summed E-state index contributed by atoms with van der Waals surface area (Å²) in [6.07, 6.45) is 3.76. The van der Waals surface area contributed by atoms with Gasteiger partial charge in [-0.15, -0.1) is 0 Å². The number of aliphatic imine (C=N–C) groups is 1. The van der Waals surface area contributed by atoms with E-state index in [0.717, 1.165) is 17.1 Å². The molecule has 0 saturated heterocycles. The number of para-hydroxylation sites is 2. The summed E-state index contributed by atoms with van der Waals surface area (Å²) in [5, 5.41) is 0. The van der Waals surface area contributed by atoms with E-state index in [1.54, 1.807) is 10.9 Å². The minimum atomic E-state index is -0.118. The van der Waals surface area contributed by atoms with E-state index in [1.807, 2.05) is 55.1 Å². The highest BCUT2D eigenvalue weighted by atomic mass is 16.1. The van der Waals surface area contributed by atoms with Crippen molar-refractivity contribution in [2.45, 2.75) is 26.2 Å². The highest BCUT2D eigenvalue weighted by Gasteiger charge is 2.37. The second-order valence-corrected chi connectivity index (χ2v) is 7.94. The Kier molecular flexibility index (Phi) is 4.53. The Morgan fingerprint density at radius 3 is 2.31 bits per heavy atom. The van der Waals surface area contributed by atoms with E-state index in [9.17, 15) is 4.79 Å². The van der Waals surface area contributed by atoms with Gasteiger partial charge in [0.25, 0.3) is 5.56 Å². The van der Waals surface area contributed by atoms with Crippen LogP contribution < -0.4 is 10.5 Å². The first kappa shape index (κ1) is 19.0. The third-order valence-corrected chi connectivity index (χ3v) is 5.90. The molecule has 2 aromatic carbocycles. The molecule has 1 aliphatic heterocycles. The fraction of sp³-hybridized carbons (Fsp3) is 0.250. The van der Waals surface area contributed by atoms with Gasteiger partial charge in [0.1, 0.15) is 0 Å². The Balaban J connectivity index is 1.72. The van der Waals surface area contributed by atoms with Crippen LogP contribution in [0.3, 0.4) is 0 Å². The molecule has 0 atom stereocenters. The van der Waals surface area contributed by atoms with Gasteiger partial charge >= 0.3 is 0 Å².